The summed E-state index contributed by atoms with van der Waals surface area (Å²) >= 11 is 0. The maximum absolute atomic E-state index is 11.8. The third-order valence-corrected chi connectivity index (χ3v) is 5.37. The van der Waals surface area contributed by atoms with E-state index < -0.39 is 11.5 Å². The van der Waals surface area contributed by atoms with Crippen LogP contribution in [0.5, 0.6) is 0 Å². The third kappa shape index (κ3) is 5.02. The van der Waals surface area contributed by atoms with Crippen molar-refractivity contribution >= 4 is 40.4 Å². The van der Waals surface area contributed by atoms with Gasteiger partial charge in [0.15, 0.2) is 0 Å². The Morgan fingerprint density at radius 1 is 1.42 bits per heavy atom. The molecule has 10 nitrogen and oxygen atoms in total. The van der Waals surface area contributed by atoms with E-state index in [4.69, 9.17) is 15.6 Å². The number of carboxylic acids is 1. The van der Waals surface area contributed by atoms with Gasteiger partial charge < -0.3 is 30.6 Å². The van der Waals surface area contributed by atoms with Gasteiger partial charge in [0, 0.05) is 35.7 Å². The first kappa shape index (κ1) is 22.7. The number of nitrogens with one attached hydrogen (secondary N) is 1. The number of aliphatic carboxylic acids is 1. The number of nitrogen functional groups attached to an aromatic ring is 1. The quantitative estimate of drug-likeness (QED) is 0.509. The molecule has 2 aromatic heterocycles. The number of carboxylic acid groups (broad SMARTS) is 1. The lowest BCUT2D eigenvalue weighted by Gasteiger charge is -2.19. The normalized spacial score (nSPS) is 21.5. The molecule has 1 fully saturated rings. The molecule has 2 aliphatic heterocycles. The second-order valence-corrected chi connectivity index (χ2v) is 7.84. The van der Waals surface area contributed by atoms with Crippen LogP contribution >= 0.6 is 0 Å². The van der Waals surface area contributed by atoms with Crippen LogP contribution in [0.4, 0.5) is 17.3 Å². The van der Waals surface area contributed by atoms with Crippen molar-refractivity contribution in [3.8, 4) is 0 Å². The first-order valence-corrected chi connectivity index (χ1v) is 10.5. The second-order valence-electron chi connectivity index (χ2n) is 7.84. The predicted octanol–water partition coefficient (Wildman–Crippen LogP) is 2.63. The number of hydrogen-bond acceptors (Lipinski definition) is 8. The fourth-order valence-corrected chi connectivity index (χ4v) is 3.86. The molecule has 4 rings (SSSR count). The van der Waals surface area contributed by atoms with Crippen LogP contribution in [0.15, 0.2) is 22.1 Å². The summed E-state index contributed by atoms with van der Waals surface area (Å²) in [6.07, 6.45) is 6.97. The average molecular weight is 431 g/mol. The van der Waals surface area contributed by atoms with Crippen LogP contribution in [0, 0.1) is 5.92 Å². The maximum atomic E-state index is 11.8. The average Bonchev–Trinajstić information content (AvgIpc) is 3.25. The van der Waals surface area contributed by atoms with Crippen molar-refractivity contribution in [2.24, 2.45) is 10.9 Å². The third-order valence-electron chi connectivity index (χ3n) is 5.37. The number of ether oxygens (including phenoxy) is 1. The van der Waals surface area contributed by atoms with Gasteiger partial charge in [0.25, 0.3) is 5.56 Å². The Morgan fingerprint density at radius 2 is 2.19 bits per heavy atom. The molecule has 2 aliphatic rings. The van der Waals surface area contributed by atoms with Crippen LogP contribution in [-0.2, 0) is 9.53 Å². The largest absolute Gasteiger partial charge is 0.481 e. The monoisotopic (exact) mass is 431 g/mol. The molecule has 1 saturated heterocycles. The van der Waals surface area contributed by atoms with Gasteiger partial charge in [0.1, 0.15) is 17.9 Å². The van der Waals surface area contributed by atoms with E-state index in [2.05, 4.69) is 29.1 Å². The van der Waals surface area contributed by atoms with Gasteiger partial charge in [-0.1, -0.05) is 26.7 Å². The minimum absolute atomic E-state index is 0.00870. The maximum Gasteiger partial charge on any atom is 0.303 e. The Morgan fingerprint density at radius 3 is 2.84 bits per heavy atom. The van der Waals surface area contributed by atoms with Gasteiger partial charge >= 0.3 is 5.97 Å². The highest BCUT2D eigenvalue weighted by molar-refractivity contribution is 6.10. The van der Waals surface area contributed by atoms with Crippen molar-refractivity contribution in [2.45, 2.75) is 58.3 Å². The first-order valence-electron chi connectivity index (χ1n) is 10.5. The molecule has 3 atom stereocenters. The van der Waals surface area contributed by atoms with E-state index in [1.807, 2.05) is 10.8 Å². The van der Waals surface area contributed by atoms with Gasteiger partial charge in [-0.15, -0.1) is 0 Å². The molecule has 168 valence electrons. The number of nitrogens with two attached hydrogens (primary N) is 1. The summed E-state index contributed by atoms with van der Waals surface area (Å²) in [5.41, 5.74) is 5.99. The van der Waals surface area contributed by atoms with E-state index in [0.717, 1.165) is 25.7 Å². The zero-order valence-corrected chi connectivity index (χ0v) is 17.7. The fraction of sp³-hybridized carbons (Fsp3) is 0.524. The molecular formula is C21H29N5O5. The fourth-order valence-electron chi connectivity index (χ4n) is 3.86. The molecule has 0 aliphatic carbocycles. The molecule has 0 spiro atoms. The summed E-state index contributed by atoms with van der Waals surface area (Å²) in [4.78, 5) is 30.0. The van der Waals surface area contributed by atoms with E-state index in [1.54, 1.807) is 0 Å². The first-order chi connectivity index (χ1) is 14.8. The van der Waals surface area contributed by atoms with Crippen molar-refractivity contribution in [1.29, 1.82) is 0 Å². The molecule has 0 amide bonds. The van der Waals surface area contributed by atoms with E-state index in [0.29, 0.717) is 34.5 Å². The zero-order chi connectivity index (χ0) is 22.5. The number of aromatic nitrogens is 2. The van der Waals surface area contributed by atoms with E-state index in [1.165, 1.54) is 12.4 Å². The van der Waals surface area contributed by atoms with Crippen LogP contribution in [0.3, 0.4) is 0 Å². The molecular weight excluding hydrogens is 402 g/mol. The number of aliphatic hydroxyl groups is 1. The van der Waals surface area contributed by atoms with Crippen LogP contribution in [0.25, 0.3) is 10.8 Å². The molecule has 3 unspecified atom stereocenters. The summed E-state index contributed by atoms with van der Waals surface area (Å²) in [5.74, 6) is 0.629. The van der Waals surface area contributed by atoms with Crippen molar-refractivity contribution in [1.82, 2.24) is 9.55 Å². The Labute approximate surface area is 179 Å². The Kier molecular flexibility index (Phi) is 7.24. The molecule has 31 heavy (non-hydrogen) atoms. The van der Waals surface area contributed by atoms with Crippen LogP contribution in [0.2, 0.25) is 0 Å². The summed E-state index contributed by atoms with van der Waals surface area (Å²) in [6.45, 7) is 4.12. The number of unbranched alkanes of at least 4 members (excludes halogenated alkanes) is 2. The Balaban J connectivity index is 0.000000293. The highest BCUT2D eigenvalue weighted by Gasteiger charge is 2.35. The lowest BCUT2D eigenvalue weighted by molar-refractivity contribution is -0.137. The van der Waals surface area contributed by atoms with Crippen molar-refractivity contribution in [3.63, 3.8) is 0 Å². The summed E-state index contributed by atoms with van der Waals surface area (Å²) in [5, 5.41) is 21.8. The van der Waals surface area contributed by atoms with Crippen LogP contribution in [-0.4, -0.2) is 44.8 Å². The van der Waals surface area contributed by atoms with Crippen molar-refractivity contribution in [2.75, 3.05) is 17.7 Å². The summed E-state index contributed by atoms with van der Waals surface area (Å²) in [7, 11) is 0. The lowest BCUT2D eigenvalue weighted by atomic mass is 10.1. The van der Waals surface area contributed by atoms with Gasteiger partial charge in [-0.25, -0.2) is 4.99 Å². The number of rotatable bonds is 6. The topological polar surface area (TPSA) is 152 Å². The van der Waals surface area contributed by atoms with Gasteiger partial charge in [-0.3, -0.25) is 9.59 Å². The minimum atomic E-state index is -0.682. The Hall–Kier alpha value is -2.98. The molecule has 10 heteroatoms. The molecule has 5 N–H and O–H groups in total. The Bertz CT molecular complexity index is 1030. The van der Waals surface area contributed by atoms with Gasteiger partial charge in [0.05, 0.1) is 24.4 Å². The summed E-state index contributed by atoms with van der Waals surface area (Å²) < 4.78 is 7.84. The molecule has 0 bridgehead atoms. The van der Waals surface area contributed by atoms with Crippen molar-refractivity contribution in [3.05, 3.63) is 22.6 Å². The van der Waals surface area contributed by atoms with Gasteiger partial charge in [-0.05, 0) is 12.8 Å². The number of hydrogen-bond donors (Lipinski definition) is 4. The number of anilines is 2. The van der Waals surface area contributed by atoms with Crippen LogP contribution < -0.4 is 16.6 Å². The predicted molar refractivity (Wildman–Crippen MR) is 119 cm³/mol. The second kappa shape index (κ2) is 9.88. The highest BCUT2D eigenvalue weighted by atomic mass is 16.5. The van der Waals surface area contributed by atoms with E-state index >= 15 is 0 Å². The SMILES string of the molecule is CC1CC(CO)OC1n1cc2c(N)cc(=O)nc3c2c1N=CN3.CCCCCC(=O)O. The lowest BCUT2D eigenvalue weighted by Crippen LogP contribution is -2.15. The van der Waals surface area contributed by atoms with Crippen molar-refractivity contribution < 1.29 is 19.7 Å². The molecule has 4 heterocycles. The van der Waals surface area contributed by atoms with Gasteiger partial charge in [0.2, 0.25) is 0 Å². The molecule has 2 aromatic rings. The van der Waals surface area contributed by atoms with Crippen LogP contribution in [0.1, 0.15) is 52.2 Å². The number of aliphatic imine (C=N–C) groups is 1. The van der Waals surface area contributed by atoms with E-state index in [9.17, 15) is 14.7 Å². The molecule has 0 aromatic carbocycles. The summed E-state index contributed by atoms with van der Waals surface area (Å²) in [6, 6.07) is 1.31. The number of carbonyl (C=O) groups is 1. The number of nitrogens with zero attached hydrogens (tertiary/aromatic N) is 3. The zero-order valence-electron chi connectivity index (χ0n) is 17.7. The standard InChI is InChI=1S/C15H17N5O3.C6H12O2/c1-7-2-8(5-21)23-15(7)20-4-9-10(16)3-11(22)19-13-12(9)14(20)18-6-17-13;1-2-3-4-5-6(7)8/h3-4,6-8,15,21H,2,5,16H2,1H3,(H,17,18,19,22);2-5H2,1H3,(H,7,8). The van der Waals surface area contributed by atoms with E-state index in [-0.39, 0.29) is 24.9 Å². The number of aliphatic hydroxyl groups excluding tert-OH is 1. The minimum Gasteiger partial charge on any atom is -0.481 e. The smallest absolute Gasteiger partial charge is 0.303 e. The molecule has 0 saturated carbocycles. The highest BCUT2D eigenvalue weighted by Crippen LogP contribution is 2.43. The molecule has 0 radical (unpaired) electrons. The van der Waals surface area contributed by atoms with Gasteiger partial charge in [-0.2, -0.15) is 4.98 Å².